The molecule has 0 radical (unpaired) electrons. The van der Waals surface area contributed by atoms with Gasteiger partial charge < -0.3 is 14.4 Å². The Morgan fingerprint density at radius 3 is 1.35 bits per heavy atom. The van der Waals surface area contributed by atoms with Crippen LogP contribution in [-0.4, -0.2) is 31.1 Å². The van der Waals surface area contributed by atoms with Crippen molar-refractivity contribution < 1.29 is 22.8 Å². The summed E-state index contributed by atoms with van der Waals surface area (Å²) < 4.78 is 34.1. The summed E-state index contributed by atoms with van der Waals surface area (Å²) in [5.41, 5.74) is 0. The van der Waals surface area contributed by atoms with Crippen molar-refractivity contribution in [2.45, 2.75) is 77.6 Å². The van der Waals surface area contributed by atoms with Gasteiger partial charge in [0.05, 0.1) is 13.6 Å². The number of hydrogen-bond donors (Lipinski definition) is 1. The van der Waals surface area contributed by atoms with Crippen LogP contribution in [0.4, 0.5) is 0 Å². The van der Waals surface area contributed by atoms with Crippen LogP contribution in [-0.2, 0) is 10.4 Å². The zero-order chi connectivity index (χ0) is 15.7. The quantitative estimate of drug-likeness (QED) is 0.339. The minimum Gasteiger partial charge on any atom is -0.759 e. The SMILES string of the molecule is CCCCCCCCCCCCC[NH2+]C.O=S(=O)([O-])[O-]. The van der Waals surface area contributed by atoms with E-state index in [0.29, 0.717) is 0 Å². The Kier molecular flexibility index (Phi) is 18.7. The molecule has 0 unspecified atom stereocenters. The van der Waals surface area contributed by atoms with Gasteiger partial charge in [-0.05, 0) is 12.8 Å². The highest BCUT2D eigenvalue weighted by Gasteiger charge is 1.92. The summed E-state index contributed by atoms with van der Waals surface area (Å²) in [4.78, 5) is 0. The lowest BCUT2D eigenvalue weighted by Gasteiger charge is -2.06. The van der Waals surface area contributed by atoms with Gasteiger partial charge in [0.2, 0.25) is 0 Å². The molecule has 0 saturated carbocycles. The molecule has 5 nitrogen and oxygen atoms in total. The van der Waals surface area contributed by atoms with Crippen LogP contribution in [0.25, 0.3) is 0 Å². The second-order valence-corrected chi connectivity index (χ2v) is 5.96. The van der Waals surface area contributed by atoms with Crippen LogP contribution in [0.5, 0.6) is 0 Å². The number of unbranched alkanes of at least 4 members (excludes halogenated alkanes) is 10. The molecule has 0 saturated heterocycles. The van der Waals surface area contributed by atoms with Crippen molar-refractivity contribution in [3.8, 4) is 0 Å². The Morgan fingerprint density at radius 1 is 0.750 bits per heavy atom. The summed E-state index contributed by atoms with van der Waals surface area (Å²) in [7, 11) is -3.00. The fourth-order valence-electron chi connectivity index (χ4n) is 2.01. The van der Waals surface area contributed by atoms with Gasteiger partial charge in [-0.2, -0.15) is 0 Å². The van der Waals surface area contributed by atoms with E-state index in [1.54, 1.807) is 0 Å². The first-order valence-electron chi connectivity index (χ1n) is 7.86. The molecule has 0 aliphatic rings. The molecular weight excluding hydrogens is 278 g/mol. The maximum absolute atomic E-state index is 8.52. The molecule has 6 heteroatoms. The van der Waals surface area contributed by atoms with Crippen LogP contribution < -0.4 is 5.32 Å². The van der Waals surface area contributed by atoms with E-state index in [1.807, 2.05) is 0 Å². The predicted octanol–water partition coefficient (Wildman–Crippen LogP) is 2.15. The molecule has 20 heavy (non-hydrogen) atoms. The molecule has 0 atom stereocenters. The summed E-state index contributed by atoms with van der Waals surface area (Å²) in [5.74, 6) is 0. The highest BCUT2D eigenvalue weighted by atomic mass is 32.3. The van der Waals surface area contributed by atoms with E-state index < -0.39 is 10.4 Å². The molecule has 2 N–H and O–H groups in total. The first kappa shape index (κ1) is 22.1. The second-order valence-electron chi connectivity index (χ2n) is 5.14. The van der Waals surface area contributed by atoms with Gasteiger partial charge in [0.25, 0.3) is 0 Å². The molecule has 0 aromatic rings. The van der Waals surface area contributed by atoms with Crippen molar-refractivity contribution in [2.75, 3.05) is 13.6 Å². The highest BCUT2D eigenvalue weighted by molar-refractivity contribution is 7.79. The van der Waals surface area contributed by atoms with Crippen molar-refractivity contribution >= 4 is 10.4 Å². The summed E-state index contributed by atoms with van der Waals surface area (Å²) in [6.07, 6.45) is 15.9. The Bertz CT molecular complexity index is 248. The fraction of sp³-hybridized carbons (Fsp3) is 1.00. The first-order chi connectivity index (χ1) is 9.41. The maximum atomic E-state index is 8.52. The monoisotopic (exact) mass is 310 g/mol. The van der Waals surface area contributed by atoms with Crippen LogP contribution >= 0.6 is 0 Å². The van der Waals surface area contributed by atoms with E-state index in [9.17, 15) is 0 Å². The molecule has 0 aromatic heterocycles. The van der Waals surface area contributed by atoms with Gasteiger partial charge in [0.15, 0.2) is 0 Å². The number of nitrogens with two attached hydrogens (primary N) is 1. The number of rotatable bonds is 12. The molecule has 0 aliphatic carbocycles. The second kappa shape index (κ2) is 16.9. The van der Waals surface area contributed by atoms with Crippen LogP contribution in [0.3, 0.4) is 0 Å². The molecular formula is C14H32NO4S-. The average Bonchev–Trinajstić information content (AvgIpc) is 2.34. The van der Waals surface area contributed by atoms with E-state index >= 15 is 0 Å². The molecule has 0 aromatic carbocycles. The van der Waals surface area contributed by atoms with E-state index in [2.05, 4.69) is 19.3 Å². The van der Waals surface area contributed by atoms with E-state index in [1.165, 1.54) is 77.2 Å². The van der Waals surface area contributed by atoms with Crippen molar-refractivity contribution in [2.24, 2.45) is 0 Å². The third-order valence-electron chi connectivity index (χ3n) is 3.10. The van der Waals surface area contributed by atoms with Gasteiger partial charge in [-0.3, -0.25) is 8.42 Å². The minimum absolute atomic E-state index is 1.32. The molecule has 124 valence electrons. The number of hydrogen-bond acceptors (Lipinski definition) is 4. The molecule has 0 heterocycles. The topological polar surface area (TPSA) is 96.9 Å². The van der Waals surface area contributed by atoms with Crippen LogP contribution in [0.1, 0.15) is 77.6 Å². The normalized spacial score (nSPS) is 11.0. The first-order valence-corrected chi connectivity index (χ1v) is 9.19. The van der Waals surface area contributed by atoms with E-state index in [0.717, 1.165) is 0 Å². The van der Waals surface area contributed by atoms with Crippen LogP contribution in [0, 0.1) is 0 Å². The van der Waals surface area contributed by atoms with Crippen molar-refractivity contribution in [3.63, 3.8) is 0 Å². The number of quaternary nitrogens is 1. The molecule has 0 spiro atoms. The van der Waals surface area contributed by atoms with Gasteiger partial charge in [-0.15, -0.1) is 0 Å². The summed E-state index contributed by atoms with van der Waals surface area (Å²) >= 11 is 0. The average molecular weight is 310 g/mol. The zero-order valence-corrected chi connectivity index (χ0v) is 13.9. The smallest absolute Gasteiger partial charge is 0.0753 e. The highest BCUT2D eigenvalue weighted by Crippen LogP contribution is 2.10. The van der Waals surface area contributed by atoms with Gasteiger partial charge in [0.1, 0.15) is 0 Å². The largest absolute Gasteiger partial charge is 0.759 e. The minimum atomic E-state index is -5.17. The molecule has 0 bridgehead atoms. The Morgan fingerprint density at radius 2 is 1.05 bits per heavy atom. The van der Waals surface area contributed by atoms with Crippen LogP contribution in [0.2, 0.25) is 0 Å². The van der Waals surface area contributed by atoms with Gasteiger partial charge in [0, 0.05) is 10.4 Å². The van der Waals surface area contributed by atoms with Crippen molar-refractivity contribution in [3.05, 3.63) is 0 Å². The molecule has 0 amide bonds. The summed E-state index contributed by atoms with van der Waals surface area (Å²) in [5, 5.41) is 2.29. The van der Waals surface area contributed by atoms with E-state index in [-0.39, 0.29) is 0 Å². The van der Waals surface area contributed by atoms with E-state index in [4.69, 9.17) is 17.5 Å². The fourth-order valence-corrected chi connectivity index (χ4v) is 2.01. The lowest BCUT2D eigenvalue weighted by atomic mass is 10.1. The summed E-state index contributed by atoms with van der Waals surface area (Å²) in [6.45, 7) is 3.60. The third kappa shape index (κ3) is 36.1. The Labute approximate surface area is 125 Å². The molecule has 0 aliphatic heterocycles. The van der Waals surface area contributed by atoms with Crippen molar-refractivity contribution in [1.82, 2.24) is 0 Å². The Balaban J connectivity index is 0. The van der Waals surface area contributed by atoms with Crippen molar-refractivity contribution in [1.29, 1.82) is 0 Å². The zero-order valence-electron chi connectivity index (χ0n) is 13.1. The predicted molar refractivity (Wildman–Crippen MR) is 79.7 cm³/mol. The van der Waals surface area contributed by atoms with Gasteiger partial charge in [-0.25, -0.2) is 0 Å². The lowest BCUT2D eigenvalue weighted by Crippen LogP contribution is -2.79. The third-order valence-corrected chi connectivity index (χ3v) is 3.10. The Hall–Kier alpha value is -0.170. The van der Waals surface area contributed by atoms with Crippen LogP contribution in [0.15, 0.2) is 0 Å². The van der Waals surface area contributed by atoms with Gasteiger partial charge in [-0.1, -0.05) is 64.7 Å². The maximum Gasteiger partial charge on any atom is 0.0753 e. The molecule has 0 fully saturated rings. The lowest BCUT2D eigenvalue weighted by molar-refractivity contribution is -0.627. The summed E-state index contributed by atoms with van der Waals surface area (Å²) in [6, 6.07) is 0. The van der Waals surface area contributed by atoms with Gasteiger partial charge >= 0.3 is 0 Å². The molecule has 0 rings (SSSR count). The standard InChI is InChI=1S/C14H31N.H2O4S/c1-3-4-5-6-7-8-9-10-11-12-13-14-15-2;1-5(2,3)4/h15H,3-14H2,1-2H3;(H2,1,2,3,4)/p-1.